The van der Waals surface area contributed by atoms with Crippen molar-refractivity contribution < 1.29 is 27.4 Å². The van der Waals surface area contributed by atoms with Gasteiger partial charge in [0.1, 0.15) is 11.5 Å². The van der Waals surface area contributed by atoms with Crippen LogP contribution in [-0.4, -0.2) is 10.1 Å². The number of fused-ring (bicyclic) bond motifs is 2. The number of oxazole rings is 1. The maximum atomic E-state index is 13.3. The summed E-state index contributed by atoms with van der Waals surface area (Å²) in [6.07, 6.45) is -3.13. The van der Waals surface area contributed by atoms with Crippen LogP contribution < -0.4 is 10.5 Å². The SMILES string of the molecule is O=c1[nH]c(O)c([C@@H]2CCc3cc(Oc4ccc(C(F)(F)F)c5ccccc45)ccc32)o1. The van der Waals surface area contributed by atoms with Crippen molar-refractivity contribution in [1.29, 1.82) is 0 Å². The number of aromatic hydroxyl groups is 1. The van der Waals surface area contributed by atoms with Crippen molar-refractivity contribution in [2.24, 2.45) is 0 Å². The van der Waals surface area contributed by atoms with Crippen LogP contribution in [-0.2, 0) is 12.6 Å². The van der Waals surface area contributed by atoms with E-state index in [4.69, 9.17) is 9.15 Å². The summed E-state index contributed by atoms with van der Waals surface area (Å²) in [5.74, 6) is -0.230. The second kappa shape index (κ2) is 6.94. The molecule has 5 nitrogen and oxygen atoms in total. The summed E-state index contributed by atoms with van der Waals surface area (Å²) in [4.78, 5) is 13.6. The van der Waals surface area contributed by atoms with Crippen LogP contribution >= 0.6 is 0 Å². The molecule has 2 N–H and O–H groups in total. The van der Waals surface area contributed by atoms with Crippen LogP contribution in [0.5, 0.6) is 17.4 Å². The molecule has 0 amide bonds. The standard InChI is InChI=1S/C23H16F3NO4/c24-23(25,26)18-9-10-19(16-4-2-1-3-15(16)18)30-13-6-8-14-12(11-13)5-7-17(14)20-21(28)27-22(29)31-20/h1-4,6,8-11,17,28H,5,7H2,(H,27,29)/t17-/m1/s1. The van der Waals surface area contributed by atoms with Gasteiger partial charge in [0.2, 0.25) is 5.88 Å². The molecule has 8 heteroatoms. The van der Waals surface area contributed by atoms with Crippen molar-refractivity contribution in [2.45, 2.75) is 24.9 Å². The van der Waals surface area contributed by atoms with E-state index in [2.05, 4.69) is 4.98 Å². The summed E-state index contributed by atoms with van der Waals surface area (Å²) in [6.45, 7) is 0. The van der Waals surface area contributed by atoms with Gasteiger partial charge >= 0.3 is 11.9 Å². The lowest BCUT2D eigenvalue weighted by atomic mass is 9.99. The average molecular weight is 427 g/mol. The summed E-state index contributed by atoms with van der Waals surface area (Å²) in [5, 5.41) is 10.3. The summed E-state index contributed by atoms with van der Waals surface area (Å²) in [7, 11) is 0. The highest BCUT2D eigenvalue weighted by molar-refractivity contribution is 5.91. The molecule has 4 aromatic rings. The molecule has 0 radical (unpaired) electrons. The van der Waals surface area contributed by atoms with Gasteiger partial charge in [0.15, 0.2) is 5.76 Å². The summed E-state index contributed by atoms with van der Waals surface area (Å²) in [6, 6.07) is 14.0. The Hall–Kier alpha value is -3.68. The third kappa shape index (κ3) is 3.34. The molecule has 1 aliphatic carbocycles. The zero-order chi connectivity index (χ0) is 21.8. The Morgan fingerprint density at radius 1 is 1.06 bits per heavy atom. The van der Waals surface area contributed by atoms with Gasteiger partial charge in [0, 0.05) is 11.3 Å². The fourth-order valence-corrected chi connectivity index (χ4v) is 4.23. The van der Waals surface area contributed by atoms with Crippen molar-refractivity contribution >= 4 is 10.8 Å². The molecule has 3 aromatic carbocycles. The Morgan fingerprint density at radius 3 is 2.55 bits per heavy atom. The number of halogens is 3. The first-order chi connectivity index (χ1) is 14.8. The summed E-state index contributed by atoms with van der Waals surface area (Å²) in [5.41, 5.74) is 1.16. The summed E-state index contributed by atoms with van der Waals surface area (Å²) < 4.78 is 51.1. The zero-order valence-electron chi connectivity index (χ0n) is 16.0. The van der Waals surface area contributed by atoms with Crippen molar-refractivity contribution in [2.75, 3.05) is 0 Å². The molecule has 1 heterocycles. The monoisotopic (exact) mass is 427 g/mol. The number of nitrogens with one attached hydrogen (secondary N) is 1. The van der Waals surface area contributed by atoms with E-state index in [1.807, 2.05) is 12.1 Å². The topological polar surface area (TPSA) is 75.5 Å². The van der Waals surface area contributed by atoms with Gasteiger partial charge in [0.25, 0.3) is 0 Å². The highest BCUT2D eigenvalue weighted by Crippen LogP contribution is 2.43. The molecule has 1 aromatic heterocycles. The van der Waals surface area contributed by atoms with E-state index in [1.54, 1.807) is 24.3 Å². The minimum Gasteiger partial charge on any atom is -0.492 e. The van der Waals surface area contributed by atoms with E-state index < -0.39 is 17.5 Å². The van der Waals surface area contributed by atoms with E-state index in [0.717, 1.165) is 17.2 Å². The Labute approximate surface area is 173 Å². The highest BCUT2D eigenvalue weighted by Gasteiger charge is 2.33. The third-order valence-corrected chi connectivity index (χ3v) is 5.58. The number of benzene rings is 3. The van der Waals surface area contributed by atoms with Gasteiger partial charge < -0.3 is 14.3 Å². The smallest absolute Gasteiger partial charge is 0.419 e. The normalized spacial score (nSPS) is 15.9. The molecule has 31 heavy (non-hydrogen) atoms. The molecule has 158 valence electrons. The second-order valence-electron chi connectivity index (χ2n) is 7.44. The predicted octanol–water partition coefficient (Wildman–Crippen LogP) is 5.72. The predicted molar refractivity (Wildman–Crippen MR) is 107 cm³/mol. The summed E-state index contributed by atoms with van der Waals surface area (Å²) >= 11 is 0. The lowest BCUT2D eigenvalue weighted by molar-refractivity contribution is -0.136. The minimum absolute atomic E-state index is 0.0756. The minimum atomic E-state index is -4.46. The van der Waals surface area contributed by atoms with Crippen molar-refractivity contribution in [1.82, 2.24) is 4.98 Å². The number of H-pyrrole nitrogens is 1. The van der Waals surface area contributed by atoms with Gasteiger partial charge in [-0.25, -0.2) is 4.79 Å². The van der Waals surface area contributed by atoms with Crippen LogP contribution in [0.3, 0.4) is 0 Å². The fourth-order valence-electron chi connectivity index (χ4n) is 4.23. The Balaban J connectivity index is 1.49. The molecular formula is C23H16F3NO4. The largest absolute Gasteiger partial charge is 0.492 e. The van der Waals surface area contributed by atoms with Crippen molar-refractivity contribution in [3.63, 3.8) is 0 Å². The molecular weight excluding hydrogens is 411 g/mol. The van der Waals surface area contributed by atoms with Gasteiger partial charge in [-0.2, -0.15) is 13.2 Å². The number of aryl methyl sites for hydroxylation is 1. The first kappa shape index (κ1) is 19.3. The second-order valence-corrected chi connectivity index (χ2v) is 7.44. The molecule has 1 atom stereocenters. The Bertz CT molecular complexity index is 1350. The quantitative estimate of drug-likeness (QED) is 0.439. The number of ether oxygens (including phenoxy) is 1. The third-order valence-electron chi connectivity index (χ3n) is 5.58. The maximum Gasteiger partial charge on any atom is 0.419 e. The van der Waals surface area contributed by atoms with E-state index in [0.29, 0.717) is 29.7 Å². The van der Waals surface area contributed by atoms with Crippen LogP contribution in [0.25, 0.3) is 10.8 Å². The molecule has 0 saturated heterocycles. The van der Waals surface area contributed by atoms with Gasteiger partial charge in [-0.1, -0.05) is 30.3 Å². The molecule has 0 spiro atoms. The van der Waals surface area contributed by atoms with E-state index in [1.165, 1.54) is 12.1 Å². The molecule has 1 aliphatic rings. The van der Waals surface area contributed by atoms with Gasteiger partial charge in [-0.05, 0) is 53.6 Å². The van der Waals surface area contributed by atoms with Crippen molar-refractivity contribution in [3.05, 3.63) is 87.6 Å². The van der Waals surface area contributed by atoms with E-state index in [9.17, 15) is 23.1 Å². The Morgan fingerprint density at radius 2 is 1.84 bits per heavy atom. The van der Waals surface area contributed by atoms with E-state index in [-0.39, 0.29) is 22.9 Å². The van der Waals surface area contributed by atoms with Crippen LogP contribution in [0.2, 0.25) is 0 Å². The molecule has 0 fully saturated rings. The van der Waals surface area contributed by atoms with Gasteiger partial charge in [-0.15, -0.1) is 0 Å². The van der Waals surface area contributed by atoms with Gasteiger partial charge in [0.05, 0.1) is 5.56 Å². The molecule has 0 unspecified atom stereocenters. The lowest BCUT2D eigenvalue weighted by Crippen LogP contribution is -2.05. The first-order valence-corrected chi connectivity index (χ1v) is 9.63. The molecule has 5 rings (SSSR count). The van der Waals surface area contributed by atoms with E-state index >= 15 is 0 Å². The van der Waals surface area contributed by atoms with Crippen LogP contribution in [0.15, 0.2) is 63.8 Å². The van der Waals surface area contributed by atoms with Crippen LogP contribution in [0, 0.1) is 0 Å². The number of aromatic amines is 1. The molecule has 0 aliphatic heterocycles. The maximum absolute atomic E-state index is 13.3. The van der Waals surface area contributed by atoms with Gasteiger partial charge in [-0.3, -0.25) is 4.98 Å². The lowest BCUT2D eigenvalue weighted by Gasteiger charge is -2.15. The molecule has 0 saturated carbocycles. The van der Waals surface area contributed by atoms with Crippen LogP contribution in [0.4, 0.5) is 13.2 Å². The average Bonchev–Trinajstić information content (AvgIpc) is 3.29. The number of alkyl halides is 3. The van der Waals surface area contributed by atoms with Crippen molar-refractivity contribution in [3.8, 4) is 17.4 Å². The number of aromatic nitrogens is 1. The molecule has 0 bridgehead atoms. The highest BCUT2D eigenvalue weighted by atomic mass is 19.4. The Kier molecular flexibility index (Phi) is 4.32. The number of hydrogen-bond acceptors (Lipinski definition) is 4. The van der Waals surface area contributed by atoms with Crippen LogP contribution in [0.1, 0.15) is 34.8 Å². The number of hydrogen-bond donors (Lipinski definition) is 2. The fraction of sp³-hybridized carbons (Fsp3) is 0.174. The first-order valence-electron chi connectivity index (χ1n) is 9.63. The zero-order valence-corrected chi connectivity index (χ0v) is 16.0. The number of rotatable bonds is 3.